The predicted molar refractivity (Wildman–Crippen MR) is 49.2 cm³/mol. The maximum atomic E-state index is 12.9. The van der Waals surface area contributed by atoms with E-state index in [2.05, 4.69) is 20.9 Å². The van der Waals surface area contributed by atoms with E-state index in [1.54, 1.807) is 6.07 Å². The van der Waals surface area contributed by atoms with Gasteiger partial charge < -0.3 is 5.73 Å². The van der Waals surface area contributed by atoms with Crippen LogP contribution in [0.4, 0.5) is 4.39 Å². The topological polar surface area (TPSA) is 38.9 Å². The molecule has 66 valence electrons. The number of hydrogen-bond donors (Lipinski definition) is 1. The summed E-state index contributed by atoms with van der Waals surface area (Å²) < 4.78 is 13.7. The lowest BCUT2D eigenvalue weighted by molar-refractivity contribution is 0.556. The van der Waals surface area contributed by atoms with Gasteiger partial charge in [0.25, 0.3) is 0 Å². The van der Waals surface area contributed by atoms with Crippen molar-refractivity contribution in [3.05, 3.63) is 28.2 Å². The Labute approximate surface area is 79.1 Å². The maximum absolute atomic E-state index is 12.9. The number of aromatic nitrogens is 1. The van der Waals surface area contributed by atoms with E-state index < -0.39 is 5.95 Å². The first-order valence-electron chi connectivity index (χ1n) is 3.65. The van der Waals surface area contributed by atoms with E-state index in [1.165, 1.54) is 6.20 Å². The average molecular weight is 233 g/mol. The molecule has 0 radical (unpaired) electrons. The summed E-state index contributed by atoms with van der Waals surface area (Å²) in [4.78, 5) is 3.56. The summed E-state index contributed by atoms with van der Waals surface area (Å²) >= 11 is 3.22. The Morgan fingerprint density at radius 2 is 2.42 bits per heavy atom. The molecule has 0 unspecified atom stereocenters. The van der Waals surface area contributed by atoms with Gasteiger partial charge >= 0.3 is 0 Å². The number of rotatable bonds is 2. The Hall–Kier alpha value is -0.480. The predicted octanol–water partition coefficient (Wildman–Crippen LogP) is 1.87. The summed E-state index contributed by atoms with van der Waals surface area (Å²) in [7, 11) is 0. The van der Waals surface area contributed by atoms with Crippen molar-refractivity contribution in [1.29, 1.82) is 0 Å². The normalized spacial score (nSPS) is 13.0. The minimum absolute atomic E-state index is 0.0457. The summed E-state index contributed by atoms with van der Waals surface area (Å²) in [6.07, 6.45) is 1.94. The Bertz CT molecular complexity index is 276. The molecular weight excluding hydrogens is 223 g/mol. The highest BCUT2D eigenvalue weighted by atomic mass is 79.9. The van der Waals surface area contributed by atoms with Gasteiger partial charge in [0.15, 0.2) is 0 Å². The molecule has 0 aliphatic carbocycles. The standard InChI is InChI=1S/C8H10BrFN2/c1-5(11)2-6-3-7(9)4-12-8(6)10/h3-5H,2,11H2,1H3/t5-/m1/s1. The highest BCUT2D eigenvalue weighted by Gasteiger charge is 2.05. The Balaban J connectivity index is 2.90. The summed E-state index contributed by atoms with van der Waals surface area (Å²) in [5.74, 6) is -0.435. The van der Waals surface area contributed by atoms with Gasteiger partial charge in [-0.1, -0.05) is 0 Å². The van der Waals surface area contributed by atoms with Crippen molar-refractivity contribution in [2.75, 3.05) is 0 Å². The van der Waals surface area contributed by atoms with Crippen molar-refractivity contribution in [2.24, 2.45) is 5.73 Å². The molecule has 0 aromatic carbocycles. The monoisotopic (exact) mass is 232 g/mol. The van der Waals surface area contributed by atoms with Gasteiger partial charge in [-0.15, -0.1) is 0 Å². The largest absolute Gasteiger partial charge is 0.328 e. The van der Waals surface area contributed by atoms with Gasteiger partial charge in [0.05, 0.1) is 0 Å². The third-order valence-electron chi connectivity index (χ3n) is 1.42. The van der Waals surface area contributed by atoms with Crippen molar-refractivity contribution < 1.29 is 4.39 Å². The van der Waals surface area contributed by atoms with Crippen LogP contribution in [0.5, 0.6) is 0 Å². The van der Waals surface area contributed by atoms with Crippen LogP contribution in [0.1, 0.15) is 12.5 Å². The van der Waals surface area contributed by atoms with E-state index >= 15 is 0 Å². The van der Waals surface area contributed by atoms with Crippen LogP contribution in [-0.2, 0) is 6.42 Å². The van der Waals surface area contributed by atoms with Crippen LogP contribution in [0.25, 0.3) is 0 Å². The molecule has 1 aromatic heterocycles. The molecule has 12 heavy (non-hydrogen) atoms. The van der Waals surface area contributed by atoms with Crippen LogP contribution in [0.3, 0.4) is 0 Å². The second kappa shape index (κ2) is 3.96. The second-order valence-corrected chi connectivity index (χ2v) is 3.70. The zero-order chi connectivity index (χ0) is 9.14. The van der Waals surface area contributed by atoms with Crippen molar-refractivity contribution in [3.63, 3.8) is 0 Å². The molecule has 2 nitrogen and oxygen atoms in total. The van der Waals surface area contributed by atoms with Crippen molar-refractivity contribution in [1.82, 2.24) is 4.98 Å². The van der Waals surface area contributed by atoms with E-state index in [0.29, 0.717) is 12.0 Å². The van der Waals surface area contributed by atoms with Crippen LogP contribution in [-0.4, -0.2) is 11.0 Å². The summed E-state index contributed by atoms with van der Waals surface area (Å²) in [6.45, 7) is 1.83. The number of nitrogens with zero attached hydrogens (tertiary/aromatic N) is 1. The smallest absolute Gasteiger partial charge is 0.216 e. The molecule has 0 aliphatic heterocycles. The van der Waals surface area contributed by atoms with E-state index in [4.69, 9.17) is 5.73 Å². The van der Waals surface area contributed by atoms with Crippen LogP contribution < -0.4 is 5.73 Å². The molecule has 0 bridgehead atoms. The lowest BCUT2D eigenvalue weighted by Crippen LogP contribution is -2.18. The van der Waals surface area contributed by atoms with Gasteiger partial charge in [-0.2, -0.15) is 4.39 Å². The van der Waals surface area contributed by atoms with Crippen LogP contribution >= 0.6 is 15.9 Å². The molecule has 0 fully saturated rings. The second-order valence-electron chi connectivity index (χ2n) is 2.78. The Morgan fingerprint density at radius 3 is 3.00 bits per heavy atom. The first-order chi connectivity index (χ1) is 5.59. The Morgan fingerprint density at radius 1 is 1.75 bits per heavy atom. The molecule has 0 amide bonds. The zero-order valence-electron chi connectivity index (χ0n) is 6.72. The van der Waals surface area contributed by atoms with Gasteiger partial charge in [0, 0.05) is 22.3 Å². The van der Waals surface area contributed by atoms with Crippen LogP contribution in [0, 0.1) is 5.95 Å². The first-order valence-corrected chi connectivity index (χ1v) is 4.44. The minimum atomic E-state index is -0.435. The first kappa shape index (κ1) is 9.61. The fraction of sp³-hybridized carbons (Fsp3) is 0.375. The van der Waals surface area contributed by atoms with Crippen molar-refractivity contribution in [2.45, 2.75) is 19.4 Å². The molecule has 1 aromatic rings. The molecule has 0 saturated heterocycles. The molecule has 0 aliphatic rings. The van der Waals surface area contributed by atoms with Crippen LogP contribution in [0.15, 0.2) is 16.7 Å². The van der Waals surface area contributed by atoms with E-state index in [0.717, 1.165) is 4.47 Å². The fourth-order valence-electron chi connectivity index (χ4n) is 0.955. The average Bonchev–Trinajstić information content (AvgIpc) is 1.96. The van der Waals surface area contributed by atoms with Crippen molar-refractivity contribution in [3.8, 4) is 0 Å². The van der Waals surface area contributed by atoms with E-state index in [9.17, 15) is 4.39 Å². The lowest BCUT2D eigenvalue weighted by atomic mass is 10.1. The highest BCUT2D eigenvalue weighted by molar-refractivity contribution is 9.10. The fourth-order valence-corrected chi connectivity index (χ4v) is 1.33. The molecule has 2 N–H and O–H groups in total. The van der Waals surface area contributed by atoms with Crippen LogP contribution in [0.2, 0.25) is 0 Å². The summed E-state index contributed by atoms with van der Waals surface area (Å²) in [6, 6.07) is 1.65. The SMILES string of the molecule is C[C@@H](N)Cc1cc(Br)cnc1F. The van der Waals surface area contributed by atoms with E-state index in [1.807, 2.05) is 6.92 Å². The Kier molecular flexibility index (Phi) is 3.17. The van der Waals surface area contributed by atoms with Gasteiger partial charge in [-0.25, -0.2) is 4.98 Å². The lowest BCUT2D eigenvalue weighted by Gasteiger charge is -2.05. The molecule has 0 spiro atoms. The minimum Gasteiger partial charge on any atom is -0.328 e. The molecule has 0 saturated carbocycles. The number of hydrogen-bond acceptors (Lipinski definition) is 2. The molecule has 1 rings (SSSR count). The van der Waals surface area contributed by atoms with Gasteiger partial charge in [0.1, 0.15) is 0 Å². The number of halogens is 2. The molecule has 1 atom stereocenters. The maximum Gasteiger partial charge on any atom is 0.216 e. The molecule has 4 heteroatoms. The van der Waals surface area contributed by atoms with Gasteiger partial charge in [-0.05, 0) is 35.3 Å². The number of pyridine rings is 1. The van der Waals surface area contributed by atoms with Gasteiger partial charge in [-0.3, -0.25) is 0 Å². The zero-order valence-corrected chi connectivity index (χ0v) is 8.31. The summed E-state index contributed by atoms with van der Waals surface area (Å²) in [5, 5.41) is 0. The number of nitrogens with two attached hydrogens (primary N) is 1. The quantitative estimate of drug-likeness (QED) is 0.792. The third-order valence-corrected chi connectivity index (χ3v) is 1.85. The highest BCUT2D eigenvalue weighted by Crippen LogP contribution is 2.13. The third kappa shape index (κ3) is 2.53. The van der Waals surface area contributed by atoms with Gasteiger partial charge in [0.2, 0.25) is 5.95 Å². The molecule has 1 heterocycles. The van der Waals surface area contributed by atoms with E-state index in [-0.39, 0.29) is 6.04 Å². The molecular formula is C8H10BrFN2. The summed E-state index contributed by atoms with van der Waals surface area (Å²) in [5.41, 5.74) is 6.09. The van der Waals surface area contributed by atoms with Crippen molar-refractivity contribution >= 4 is 15.9 Å².